The average Bonchev–Trinajstić information content (AvgIpc) is 2.72. The molecule has 0 bridgehead atoms. The summed E-state index contributed by atoms with van der Waals surface area (Å²) in [6, 6.07) is 11.6. The summed E-state index contributed by atoms with van der Waals surface area (Å²) in [5.74, 6) is -2.14. The molecule has 0 spiro atoms. The average molecular weight is 410 g/mol. The van der Waals surface area contributed by atoms with Crippen LogP contribution in [0.25, 0.3) is 6.08 Å². The quantitative estimate of drug-likeness (QED) is 0.553. The van der Waals surface area contributed by atoms with Gasteiger partial charge in [-0.15, -0.1) is 0 Å². The number of anilines is 1. The van der Waals surface area contributed by atoms with Crippen LogP contribution in [0.15, 0.2) is 54.1 Å². The molecule has 154 valence electrons. The van der Waals surface area contributed by atoms with Crippen molar-refractivity contribution in [3.63, 3.8) is 0 Å². The lowest BCUT2D eigenvalue weighted by molar-refractivity contribution is -0.144. The summed E-state index contributed by atoms with van der Waals surface area (Å²) < 4.78 is 10.5. The first kappa shape index (κ1) is 20.6. The molecule has 1 fully saturated rings. The Morgan fingerprint density at radius 2 is 1.77 bits per heavy atom. The fourth-order valence-corrected chi connectivity index (χ4v) is 2.73. The van der Waals surface area contributed by atoms with Crippen LogP contribution in [0.1, 0.15) is 12.5 Å². The molecule has 2 N–H and O–H groups in total. The molecule has 1 heterocycles. The molecule has 30 heavy (non-hydrogen) atoms. The van der Waals surface area contributed by atoms with E-state index in [-0.39, 0.29) is 17.0 Å². The maximum Gasteiger partial charge on any atom is 0.344 e. The molecule has 1 aliphatic heterocycles. The van der Waals surface area contributed by atoms with Gasteiger partial charge in [0, 0.05) is 5.56 Å². The number of carboxylic acid groups (broad SMARTS) is 1. The van der Waals surface area contributed by atoms with Gasteiger partial charge in [0.05, 0.1) is 12.8 Å². The van der Waals surface area contributed by atoms with E-state index < -0.39 is 29.9 Å². The lowest BCUT2D eigenvalue weighted by Gasteiger charge is -2.26. The summed E-state index contributed by atoms with van der Waals surface area (Å²) in [5, 5.41) is 11.2. The van der Waals surface area contributed by atoms with Crippen molar-refractivity contribution >= 4 is 35.6 Å². The van der Waals surface area contributed by atoms with Gasteiger partial charge in [-0.3, -0.25) is 14.9 Å². The minimum atomic E-state index is -1.17. The number of para-hydroxylation sites is 1. The number of imide groups is 2. The number of hydrogen-bond donors (Lipinski definition) is 2. The number of carboxylic acids is 1. The van der Waals surface area contributed by atoms with Crippen LogP contribution in [-0.2, 0) is 14.4 Å². The summed E-state index contributed by atoms with van der Waals surface area (Å²) in [5.41, 5.74) is 0.262. The van der Waals surface area contributed by atoms with Gasteiger partial charge in [0.2, 0.25) is 0 Å². The molecule has 1 saturated heterocycles. The van der Waals surface area contributed by atoms with Gasteiger partial charge >= 0.3 is 12.0 Å². The largest absolute Gasteiger partial charge is 0.497 e. The van der Waals surface area contributed by atoms with E-state index in [4.69, 9.17) is 14.6 Å². The van der Waals surface area contributed by atoms with Gasteiger partial charge in [0.1, 0.15) is 17.1 Å². The summed E-state index contributed by atoms with van der Waals surface area (Å²) >= 11 is 0. The highest BCUT2D eigenvalue weighted by molar-refractivity contribution is 6.39. The normalized spacial score (nSPS) is 16.3. The van der Waals surface area contributed by atoms with Gasteiger partial charge in [-0.25, -0.2) is 14.5 Å². The molecule has 9 heteroatoms. The van der Waals surface area contributed by atoms with Gasteiger partial charge in [-0.1, -0.05) is 18.2 Å². The van der Waals surface area contributed by atoms with Crippen LogP contribution in [0.4, 0.5) is 10.5 Å². The van der Waals surface area contributed by atoms with Crippen molar-refractivity contribution in [2.75, 3.05) is 12.0 Å². The Balaban J connectivity index is 1.98. The topological polar surface area (TPSA) is 122 Å². The summed E-state index contributed by atoms with van der Waals surface area (Å²) in [7, 11) is 1.48. The number of carbonyl (C=O) groups excluding carboxylic acids is 3. The number of nitrogens with one attached hydrogen (secondary N) is 1. The van der Waals surface area contributed by atoms with E-state index >= 15 is 0 Å². The van der Waals surface area contributed by atoms with Gasteiger partial charge in [0.25, 0.3) is 11.8 Å². The van der Waals surface area contributed by atoms with E-state index in [1.165, 1.54) is 38.3 Å². The molecule has 1 atom stereocenters. The maximum absolute atomic E-state index is 13.0. The molecule has 2 aromatic rings. The number of ether oxygens (including phenoxy) is 2. The molecule has 0 radical (unpaired) electrons. The van der Waals surface area contributed by atoms with Crippen molar-refractivity contribution in [2.24, 2.45) is 0 Å². The van der Waals surface area contributed by atoms with Crippen molar-refractivity contribution in [2.45, 2.75) is 13.0 Å². The third kappa shape index (κ3) is 4.14. The lowest BCUT2D eigenvalue weighted by Crippen LogP contribution is -2.54. The Morgan fingerprint density at radius 1 is 1.10 bits per heavy atom. The van der Waals surface area contributed by atoms with Crippen molar-refractivity contribution < 1.29 is 33.8 Å². The van der Waals surface area contributed by atoms with Crippen LogP contribution in [0, 0.1) is 0 Å². The molecule has 0 saturated carbocycles. The van der Waals surface area contributed by atoms with Crippen molar-refractivity contribution in [1.29, 1.82) is 0 Å². The fraction of sp³-hybridized carbons (Fsp3) is 0.143. The zero-order valence-corrected chi connectivity index (χ0v) is 16.1. The number of benzene rings is 2. The predicted molar refractivity (Wildman–Crippen MR) is 106 cm³/mol. The minimum Gasteiger partial charge on any atom is -0.497 e. The van der Waals surface area contributed by atoms with Crippen molar-refractivity contribution in [3.8, 4) is 11.5 Å². The molecule has 9 nitrogen and oxygen atoms in total. The lowest BCUT2D eigenvalue weighted by atomic mass is 10.1. The summed E-state index contributed by atoms with van der Waals surface area (Å²) in [4.78, 5) is 49.5. The molecular weight excluding hydrogens is 392 g/mol. The maximum atomic E-state index is 13.0. The van der Waals surface area contributed by atoms with Crippen LogP contribution < -0.4 is 19.7 Å². The van der Waals surface area contributed by atoms with Gasteiger partial charge in [0.15, 0.2) is 6.10 Å². The summed E-state index contributed by atoms with van der Waals surface area (Å²) in [6.07, 6.45) is 0.114. The number of nitrogens with zero attached hydrogens (tertiary/aromatic N) is 1. The van der Waals surface area contributed by atoms with Gasteiger partial charge in [-0.05, 0) is 43.3 Å². The SMILES string of the molecule is COc1ccc(N2C(=O)NC(=O)/C(=C\c3ccccc3O[C@@H](C)C(=O)O)C2=O)cc1. The van der Waals surface area contributed by atoms with E-state index in [1.807, 2.05) is 0 Å². The number of carbonyl (C=O) groups is 4. The standard InChI is InChI=1S/C21H18N2O7/c1-12(20(26)27)30-17-6-4-3-5-13(17)11-16-18(24)22-21(28)23(19(16)25)14-7-9-15(29-2)10-8-14/h3-12H,1-2H3,(H,26,27)(H,22,24,28)/b16-11+/t12-/m0/s1. The van der Waals surface area contributed by atoms with E-state index in [2.05, 4.69) is 5.32 Å². The molecule has 0 unspecified atom stereocenters. The monoisotopic (exact) mass is 410 g/mol. The second kappa shape index (κ2) is 8.48. The first-order valence-electron chi connectivity index (χ1n) is 8.86. The fourth-order valence-electron chi connectivity index (χ4n) is 2.73. The van der Waals surface area contributed by atoms with E-state index in [1.54, 1.807) is 30.3 Å². The molecule has 4 amide bonds. The Bertz CT molecular complexity index is 1040. The molecular formula is C21H18N2O7. The number of aliphatic carboxylic acids is 1. The zero-order valence-electron chi connectivity index (χ0n) is 16.1. The highest BCUT2D eigenvalue weighted by atomic mass is 16.5. The van der Waals surface area contributed by atoms with Crippen LogP contribution in [0.2, 0.25) is 0 Å². The Hall–Kier alpha value is -4.14. The highest BCUT2D eigenvalue weighted by Crippen LogP contribution is 2.27. The number of urea groups is 1. The van der Waals surface area contributed by atoms with Gasteiger partial charge < -0.3 is 14.6 Å². The third-order valence-corrected chi connectivity index (χ3v) is 4.30. The second-order valence-electron chi connectivity index (χ2n) is 6.29. The number of rotatable bonds is 6. The number of methoxy groups -OCH3 is 1. The molecule has 2 aromatic carbocycles. The first-order valence-corrected chi connectivity index (χ1v) is 8.86. The third-order valence-electron chi connectivity index (χ3n) is 4.30. The Labute approximate surface area is 171 Å². The van der Waals surface area contributed by atoms with Crippen molar-refractivity contribution in [3.05, 3.63) is 59.7 Å². The smallest absolute Gasteiger partial charge is 0.344 e. The molecule has 0 aromatic heterocycles. The van der Waals surface area contributed by atoms with E-state index in [0.29, 0.717) is 11.3 Å². The Kier molecular flexibility index (Phi) is 5.82. The van der Waals surface area contributed by atoms with Crippen LogP contribution in [-0.4, -0.2) is 42.1 Å². The predicted octanol–water partition coefficient (Wildman–Crippen LogP) is 2.21. The van der Waals surface area contributed by atoms with Crippen LogP contribution in [0.5, 0.6) is 11.5 Å². The first-order chi connectivity index (χ1) is 14.3. The summed E-state index contributed by atoms with van der Waals surface area (Å²) in [6.45, 7) is 1.36. The molecule has 1 aliphatic rings. The number of amides is 4. The number of hydrogen-bond acceptors (Lipinski definition) is 6. The minimum absolute atomic E-state index is 0.174. The van der Waals surface area contributed by atoms with Gasteiger partial charge in [-0.2, -0.15) is 0 Å². The molecule has 3 rings (SSSR count). The Morgan fingerprint density at radius 3 is 2.40 bits per heavy atom. The van der Waals surface area contributed by atoms with Crippen LogP contribution >= 0.6 is 0 Å². The second-order valence-corrected chi connectivity index (χ2v) is 6.29. The van der Waals surface area contributed by atoms with Crippen molar-refractivity contribution in [1.82, 2.24) is 5.32 Å². The molecule has 0 aliphatic carbocycles. The number of barbiturate groups is 1. The van der Waals surface area contributed by atoms with Crippen LogP contribution in [0.3, 0.4) is 0 Å². The van der Waals surface area contributed by atoms with E-state index in [0.717, 1.165) is 4.90 Å². The van der Waals surface area contributed by atoms with E-state index in [9.17, 15) is 19.2 Å². The highest BCUT2D eigenvalue weighted by Gasteiger charge is 2.37. The zero-order chi connectivity index (χ0) is 21.8.